The second-order valence-electron chi connectivity index (χ2n) is 2.45. The van der Waals surface area contributed by atoms with Gasteiger partial charge in [0.2, 0.25) is 0 Å². The number of carboxylic acids is 1. The molecular weight excluding hydrogens is 161 g/mol. The van der Waals surface area contributed by atoms with E-state index in [0.29, 0.717) is 5.57 Å². The summed E-state index contributed by atoms with van der Waals surface area (Å²) in [7, 11) is 0. The van der Waals surface area contributed by atoms with Gasteiger partial charge in [0.05, 0.1) is 6.07 Å². The van der Waals surface area contributed by atoms with Crippen LogP contribution in [0.15, 0.2) is 23.6 Å². The fourth-order valence-corrected chi connectivity index (χ4v) is 0.970. The van der Waals surface area contributed by atoms with Gasteiger partial charge in [0, 0.05) is 12.0 Å². The average molecular weight is 167 g/mol. The van der Waals surface area contributed by atoms with E-state index < -0.39 is 17.7 Å². The van der Waals surface area contributed by atoms with E-state index in [1.165, 1.54) is 6.08 Å². The van der Waals surface area contributed by atoms with Crippen molar-refractivity contribution in [3.05, 3.63) is 23.6 Å². The molecule has 0 aromatic rings. The Kier molecular flexibility index (Phi) is 2.24. The molecule has 0 saturated heterocycles. The second kappa shape index (κ2) is 3.18. The number of nitriles is 1. The summed E-state index contributed by atoms with van der Waals surface area (Å²) in [5.74, 6) is -3.10. The molecule has 1 N–H and O–H groups in total. The van der Waals surface area contributed by atoms with Gasteiger partial charge in [0.25, 0.3) is 0 Å². The van der Waals surface area contributed by atoms with Gasteiger partial charge < -0.3 is 5.11 Å². The molecule has 1 atom stereocenters. The summed E-state index contributed by atoms with van der Waals surface area (Å²) >= 11 is 0. The highest BCUT2D eigenvalue weighted by molar-refractivity contribution is 5.74. The molecule has 0 aromatic heterocycles. The number of halogens is 1. The van der Waals surface area contributed by atoms with Gasteiger partial charge in [-0.05, 0) is 12.2 Å². The number of hydrogen-bond acceptors (Lipinski definition) is 2. The maximum atomic E-state index is 12.7. The number of hydrogen-bond donors (Lipinski definition) is 1. The fraction of sp³-hybridized carbons (Fsp3) is 0.250. The van der Waals surface area contributed by atoms with Crippen molar-refractivity contribution in [2.24, 2.45) is 5.92 Å². The monoisotopic (exact) mass is 167 g/mol. The molecule has 3 nitrogen and oxygen atoms in total. The summed E-state index contributed by atoms with van der Waals surface area (Å²) in [5, 5.41) is 16.9. The van der Waals surface area contributed by atoms with Crippen LogP contribution in [0, 0.1) is 17.2 Å². The molecule has 4 heteroatoms. The summed E-state index contributed by atoms with van der Waals surface area (Å²) in [6, 6.07) is 1.80. The predicted octanol–water partition coefficient (Wildman–Crippen LogP) is 1.39. The number of carbonyl (C=O) groups is 1. The molecule has 12 heavy (non-hydrogen) atoms. The van der Waals surface area contributed by atoms with Crippen LogP contribution in [-0.2, 0) is 4.79 Å². The lowest BCUT2D eigenvalue weighted by Crippen LogP contribution is -2.16. The van der Waals surface area contributed by atoms with Crippen LogP contribution in [0.2, 0.25) is 0 Å². The predicted molar refractivity (Wildman–Crippen MR) is 38.6 cm³/mol. The van der Waals surface area contributed by atoms with Crippen molar-refractivity contribution in [1.82, 2.24) is 0 Å². The summed E-state index contributed by atoms with van der Waals surface area (Å²) in [5.41, 5.74) is 0.295. The largest absolute Gasteiger partial charge is 0.481 e. The summed E-state index contributed by atoms with van der Waals surface area (Å²) in [4.78, 5) is 10.4. The van der Waals surface area contributed by atoms with Gasteiger partial charge in [-0.1, -0.05) is 0 Å². The number of aliphatic carboxylic acids is 1. The average Bonchev–Trinajstić information content (AvgIpc) is 2.05. The zero-order valence-electron chi connectivity index (χ0n) is 6.12. The van der Waals surface area contributed by atoms with Crippen molar-refractivity contribution in [1.29, 1.82) is 5.26 Å². The van der Waals surface area contributed by atoms with E-state index in [1.54, 1.807) is 6.07 Å². The van der Waals surface area contributed by atoms with Gasteiger partial charge in [-0.25, -0.2) is 4.39 Å². The Morgan fingerprint density at radius 2 is 2.42 bits per heavy atom. The first kappa shape index (κ1) is 8.47. The van der Waals surface area contributed by atoms with Crippen molar-refractivity contribution in [2.75, 3.05) is 0 Å². The first-order chi connectivity index (χ1) is 5.65. The van der Waals surface area contributed by atoms with Crippen molar-refractivity contribution in [2.45, 2.75) is 6.42 Å². The van der Waals surface area contributed by atoms with Crippen LogP contribution in [0.1, 0.15) is 6.42 Å². The molecule has 1 aliphatic rings. The van der Waals surface area contributed by atoms with E-state index in [4.69, 9.17) is 10.4 Å². The first-order valence-electron chi connectivity index (χ1n) is 3.34. The highest BCUT2D eigenvalue weighted by Crippen LogP contribution is 2.25. The lowest BCUT2D eigenvalue weighted by molar-refractivity contribution is -0.140. The van der Waals surface area contributed by atoms with E-state index in [-0.39, 0.29) is 6.42 Å². The van der Waals surface area contributed by atoms with Crippen LogP contribution in [0.4, 0.5) is 4.39 Å². The topological polar surface area (TPSA) is 61.1 Å². The van der Waals surface area contributed by atoms with Crippen LogP contribution in [0.3, 0.4) is 0 Å². The molecule has 0 fully saturated rings. The van der Waals surface area contributed by atoms with Gasteiger partial charge in [-0.3, -0.25) is 4.79 Å². The molecule has 0 bridgehead atoms. The third-order valence-corrected chi connectivity index (χ3v) is 1.64. The van der Waals surface area contributed by atoms with Crippen molar-refractivity contribution in [3.63, 3.8) is 0 Å². The van der Waals surface area contributed by atoms with Gasteiger partial charge in [-0.15, -0.1) is 0 Å². The molecule has 0 spiro atoms. The Morgan fingerprint density at radius 3 is 2.92 bits per heavy atom. The Bertz CT molecular complexity index is 312. The molecule has 1 unspecified atom stereocenters. The Labute approximate surface area is 68.4 Å². The molecule has 0 saturated carbocycles. The van der Waals surface area contributed by atoms with Crippen LogP contribution in [-0.4, -0.2) is 11.1 Å². The lowest BCUT2D eigenvalue weighted by Gasteiger charge is -2.11. The number of rotatable bonds is 1. The third kappa shape index (κ3) is 1.51. The first-order valence-corrected chi connectivity index (χ1v) is 3.34. The number of nitrogens with zero attached hydrogens (tertiary/aromatic N) is 1. The molecule has 0 amide bonds. The molecule has 1 aliphatic carbocycles. The van der Waals surface area contributed by atoms with Crippen LogP contribution in [0.25, 0.3) is 0 Å². The van der Waals surface area contributed by atoms with Gasteiger partial charge in [0.15, 0.2) is 0 Å². The van der Waals surface area contributed by atoms with Crippen LogP contribution < -0.4 is 0 Å². The molecule has 1 rings (SSSR count). The zero-order chi connectivity index (χ0) is 9.14. The minimum atomic E-state index is -1.23. The van der Waals surface area contributed by atoms with Crippen molar-refractivity contribution in [3.8, 4) is 6.07 Å². The maximum absolute atomic E-state index is 12.7. The van der Waals surface area contributed by atoms with E-state index in [1.807, 2.05) is 0 Å². The Morgan fingerprint density at radius 1 is 1.75 bits per heavy atom. The SMILES string of the molecule is N#CC1=CC=C(F)C(C(=O)O)C1. The van der Waals surface area contributed by atoms with E-state index in [0.717, 1.165) is 6.08 Å². The molecule has 0 aromatic carbocycles. The van der Waals surface area contributed by atoms with Gasteiger partial charge >= 0.3 is 5.97 Å². The molecule has 62 valence electrons. The molecule has 0 radical (unpaired) electrons. The summed E-state index contributed by atoms with van der Waals surface area (Å²) < 4.78 is 12.7. The zero-order valence-corrected chi connectivity index (χ0v) is 6.12. The summed E-state index contributed by atoms with van der Waals surface area (Å²) in [6.45, 7) is 0. The number of carboxylic acid groups (broad SMARTS) is 1. The van der Waals surface area contributed by atoms with E-state index in [2.05, 4.69) is 0 Å². The van der Waals surface area contributed by atoms with E-state index in [9.17, 15) is 9.18 Å². The second-order valence-corrected chi connectivity index (χ2v) is 2.45. The van der Waals surface area contributed by atoms with Crippen LogP contribution >= 0.6 is 0 Å². The fourth-order valence-electron chi connectivity index (χ4n) is 0.970. The molecule has 0 heterocycles. The standard InChI is InChI=1S/C8H6FNO2/c9-7-2-1-5(4-10)3-6(7)8(11)12/h1-2,6H,3H2,(H,11,12). The Balaban J connectivity index is 2.88. The van der Waals surface area contributed by atoms with Gasteiger partial charge in [0.1, 0.15) is 11.7 Å². The summed E-state index contributed by atoms with van der Waals surface area (Å²) in [6.07, 6.45) is 2.28. The Hall–Kier alpha value is -1.63. The molecule has 0 aliphatic heterocycles. The highest BCUT2D eigenvalue weighted by Gasteiger charge is 2.26. The van der Waals surface area contributed by atoms with E-state index >= 15 is 0 Å². The minimum Gasteiger partial charge on any atom is -0.481 e. The smallest absolute Gasteiger partial charge is 0.313 e. The molecular formula is C8H6FNO2. The third-order valence-electron chi connectivity index (χ3n) is 1.64. The number of allylic oxidation sites excluding steroid dienone is 3. The van der Waals surface area contributed by atoms with Crippen LogP contribution in [0.5, 0.6) is 0 Å². The highest BCUT2D eigenvalue weighted by atomic mass is 19.1. The quantitative estimate of drug-likeness (QED) is 0.641. The minimum absolute atomic E-state index is 0.0475. The lowest BCUT2D eigenvalue weighted by atomic mass is 9.94. The van der Waals surface area contributed by atoms with Gasteiger partial charge in [-0.2, -0.15) is 5.26 Å². The maximum Gasteiger partial charge on any atom is 0.313 e. The normalized spacial score (nSPS) is 22.2. The van der Waals surface area contributed by atoms with Crippen molar-refractivity contribution >= 4 is 5.97 Å². The van der Waals surface area contributed by atoms with Crippen molar-refractivity contribution < 1.29 is 14.3 Å².